The second-order valence-electron chi connectivity index (χ2n) is 5.19. The largest absolute Gasteiger partial charge is 0.465 e. The zero-order valence-corrected chi connectivity index (χ0v) is 13.3. The molecule has 7 heteroatoms. The summed E-state index contributed by atoms with van der Waals surface area (Å²) in [5, 5.41) is 2.62. The standard InChI is InChI=1S/C16H22FN3O3/c1-2-23-16(18-7-8-20-9-11-22-12-10-20)19-15(21)13-3-5-14(17)6-4-13/h3-6H,2,7-12H2,1H3,(H,18,19,21)/p+1. The number of hydrogen-bond donors (Lipinski definition) is 2. The van der Waals surface area contributed by atoms with Crippen LogP contribution >= 0.6 is 0 Å². The van der Waals surface area contributed by atoms with E-state index in [9.17, 15) is 9.18 Å². The van der Waals surface area contributed by atoms with Crippen molar-refractivity contribution in [1.82, 2.24) is 5.32 Å². The number of carbonyl (C=O) groups excluding carboxylic acids is 1. The molecule has 0 atom stereocenters. The van der Waals surface area contributed by atoms with Gasteiger partial charge in [0.1, 0.15) is 18.9 Å². The lowest BCUT2D eigenvalue weighted by Crippen LogP contribution is -3.14. The van der Waals surface area contributed by atoms with Gasteiger partial charge in [-0.3, -0.25) is 10.1 Å². The van der Waals surface area contributed by atoms with Crippen molar-refractivity contribution in [2.75, 3.05) is 46.0 Å². The van der Waals surface area contributed by atoms with Crippen molar-refractivity contribution in [2.24, 2.45) is 4.99 Å². The highest BCUT2D eigenvalue weighted by molar-refractivity contribution is 6.04. The number of morpholine rings is 1. The number of nitrogens with zero attached hydrogens (tertiary/aromatic N) is 1. The second-order valence-corrected chi connectivity index (χ2v) is 5.19. The molecule has 1 aliphatic heterocycles. The SMILES string of the molecule is CCOC(=NCC[NH+]1CCOCC1)NC(=O)c1ccc(F)cc1. The Balaban J connectivity index is 1.87. The first kappa shape index (κ1) is 17.4. The lowest BCUT2D eigenvalue weighted by Gasteiger charge is -2.22. The van der Waals surface area contributed by atoms with E-state index >= 15 is 0 Å². The molecule has 0 bridgehead atoms. The van der Waals surface area contributed by atoms with Crippen molar-refractivity contribution in [3.05, 3.63) is 35.6 Å². The van der Waals surface area contributed by atoms with Crippen molar-refractivity contribution in [1.29, 1.82) is 0 Å². The molecule has 0 spiro atoms. The smallest absolute Gasteiger partial charge is 0.291 e. The average Bonchev–Trinajstić information content (AvgIpc) is 2.56. The molecule has 1 heterocycles. The third kappa shape index (κ3) is 5.96. The van der Waals surface area contributed by atoms with E-state index in [0.717, 1.165) is 32.8 Å². The summed E-state index contributed by atoms with van der Waals surface area (Å²) in [7, 11) is 0. The van der Waals surface area contributed by atoms with Crippen LogP contribution < -0.4 is 10.2 Å². The van der Waals surface area contributed by atoms with Gasteiger partial charge in [0.15, 0.2) is 0 Å². The second kappa shape index (κ2) is 9.22. The maximum atomic E-state index is 12.9. The first-order chi connectivity index (χ1) is 11.2. The zero-order valence-electron chi connectivity index (χ0n) is 13.3. The van der Waals surface area contributed by atoms with Gasteiger partial charge in [-0.2, -0.15) is 0 Å². The number of rotatable bonds is 5. The minimum absolute atomic E-state index is 0.203. The van der Waals surface area contributed by atoms with E-state index in [1.807, 2.05) is 6.92 Å². The van der Waals surface area contributed by atoms with Gasteiger partial charge in [-0.25, -0.2) is 9.38 Å². The van der Waals surface area contributed by atoms with Gasteiger partial charge in [0, 0.05) is 5.56 Å². The number of quaternary nitrogens is 1. The van der Waals surface area contributed by atoms with Gasteiger partial charge in [0.25, 0.3) is 11.9 Å². The molecule has 0 saturated carbocycles. The molecule has 1 amide bonds. The zero-order chi connectivity index (χ0) is 16.5. The van der Waals surface area contributed by atoms with Gasteiger partial charge in [0.05, 0.1) is 32.9 Å². The number of aliphatic imine (C=N–C) groups is 1. The van der Waals surface area contributed by atoms with Gasteiger partial charge < -0.3 is 14.4 Å². The van der Waals surface area contributed by atoms with E-state index in [2.05, 4.69) is 10.3 Å². The summed E-state index contributed by atoms with van der Waals surface area (Å²) in [6.45, 7) is 7.17. The number of benzene rings is 1. The number of amidine groups is 1. The molecule has 2 rings (SSSR count). The molecule has 23 heavy (non-hydrogen) atoms. The Morgan fingerprint density at radius 2 is 2.04 bits per heavy atom. The third-order valence-corrected chi connectivity index (χ3v) is 3.53. The summed E-state index contributed by atoms with van der Waals surface area (Å²) < 4.78 is 23.6. The maximum absolute atomic E-state index is 12.9. The lowest BCUT2D eigenvalue weighted by molar-refractivity contribution is -0.906. The quantitative estimate of drug-likeness (QED) is 0.585. The van der Waals surface area contributed by atoms with Crippen LogP contribution in [0.5, 0.6) is 0 Å². The fourth-order valence-electron chi connectivity index (χ4n) is 2.25. The highest BCUT2D eigenvalue weighted by Crippen LogP contribution is 2.02. The molecule has 1 aromatic carbocycles. The number of hydrogen-bond acceptors (Lipinski definition) is 4. The van der Waals surface area contributed by atoms with Gasteiger partial charge in [-0.05, 0) is 31.2 Å². The van der Waals surface area contributed by atoms with Crippen LogP contribution in [-0.2, 0) is 9.47 Å². The lowest BCUT2D eigenvalue weighted by atomic mass is 10.2. The highest BCUT2D eigenvalue weighted by atomic mass is 19.1. The van der Waals surface area contributed by atoms with E-state index in [-0.39, 0.29) is 17.7 Å². The fourth-order valence-corrected chi connectivity index (χ4v) is 2.25. The van der Waals surface area contributed by atoms with E-state index in [1.165, 1.54) is 29.2 Å². The molecule has 1 saturated heterocycles. The van der Waals surface area contributed by atoms with Crippen LogP contribution in [0.15, 0.2) is 29.3 Å². The topological polar surface area (TPSA) is 64.4 Å². The number of nitrogens with one attached hydrogen (secondary N) is 2. The molecule has 0 aliphatic carbocycles. The first-order valence-electron chi connectivity index (χ1n) is 7.84. The van der Waals surface area contributed by atoms with Crippen LogP contribution in [0.3, 0.4) is 0 Å². The van der Waals surface area contributed by atoms with Gasteiger partial charge in [-0.15, -0.1) is 0 Å². The molecule has 0 unspecified atom stereocenters. The fraction of sp³-hybridized carbons (Fsp3) is 0.500. The monoisotopic (exact) mass is 324 g/mol. The third-order valence-electron chi connectivity index (χ3n) is 3.53. The van der Waals surface area contributed by atoms with Crippen LogP contribution in [0.25, 0.3) is 0 Å². The number of carbonyl (C=O) groups is 1. The maximum Gasteiger partial charge on any atom is 0.291 e. The van der Waals surface area contributed by atoms with Crippen molar-refractivity contribution in [3.8, 4) is 0 Å². The van der Waals surface area contributed by atoms with E-state index in [0.29, 0.717) is 18.7 Å². The molecule has 1 aromatic rings. The van der Waals surface area contributed by atoms with E-state index in [1.54, 1.807) is 0 Å². The summed E-state index contributed by atoms with van der Waals surface area (Å²) >= 11 is 0. The van der Waals surface area contributed by atoms with Crippen LogP contribution in [0.1, 0.15) is 17.3 Å². The molecule has 126 valence electrons. The van der Waals surface area contributed by atoms with Gasteiger partial charge in [-0.1, -0.05) is 0 Å². The van der Waals surface area contributed by atoms with Crippen LogP contribution in [-0.4, -0.2) is 57.9 Å². The Hall–Kier alpha value is -1.99. The Bertz CT molecular complexity index is 528. The van der Waals surface area contributed by atoms with Crippen molar-refractivity contribution in [3.63, 3.8) is 0 Å². The number of halogens is 1. The Labute approximate surface area is 135 Å². The molecule has 6 nitrogen and oxygen atoms in total. The summed E-state index contributed by atoms with van der Waals surface area (Å²) in [5.74, 6) is -0.746. The predicted octanol–water partition coefficient (Wildman–Crippen LogP) is -0.137. The summed E-state index contributed by atoms with van der Waals surface area (Å²) in [6.07, 6.45) is 0. The summed E-state index contributed by atoms with van der Waals surface area (Å²) in [4.78, 5) is 17.8. The average molecular weight is 324 g/mol. The predicted molar refractivity (Wildman–Crippen MR) is 84.2 cm³/mol. The van der Waals surface area contributed by atoms with E-state index in [4.69, 9.17) is 9.47 Å². The molecule has 0 aromatic heterocycles. The minimum atomic E-state index is -0.381. The van der Waals surface area contributed by atoms with Crippen molar-refractivity contribution in [2.45, 2.75) is 6.92 Å². The molecule has 1 aliphatic rings. The molecular formula is C16H23FN3O3+. The van der Waals surface area contributed by atoms with Crippen LogP contribution in [0.4, 0.5) is 4.39 Å². The Morgan fingerprint density at radius 3 is 2.70 bits per heavy atom. The number of ether oxygens (including phenoxy) is 2. The normalized spacial score (nSPS) is 16.2. The molecule has 0 radical (unpaired) electrons. The molecule has 2 N–H and O–H groups in total. The van der Waals surface area contributed by atoms with Crippen LogP contribution in [0.2, 0.25) is 0 Å². The molecular weight excluding hydrogens is 301 g/mol. The highest BCUT2D eigenvalue weighted by Gasteiger charge is 2.14. The summed E-state index contributed by atoms with van der Waals surface area (Å²) in [6, 6.07) is 5.54. The molecule has 1 fully saturated rings. The first-order valence-corrected chi connectivity index (χ1v) is 7.84. The Kier molecular flexibility index (Phi) is 6.96. The summed E-state index contributed by atoms with van der Waals surface area (Å²) in [5.41, 5.74) is 0.359. The van der Waals surface area contributed by atoms with E-state index < -0.39 is 0 Å². The van der Waals surface area contributed by atoms with Crippen molar-refractivity contribution >= 4 is 11.9 Å². The number of amides is 1. The van der Waals surface area contributed by atoms with Gasteiger partial charge in [0.2, 0.25) is 0 Å². The minimum Gasteiger partial charge on any atom is -0.465 e. The van der Waals surface area contributed by atoms with Crippen LogP contribution in [0, 0.1) is 5.82 Å². The van der Waals surface area contributed by atoms with Gasteiger partial charge >= 0.3 is 0 Å². The Morgan fingerprint density at radius 1 is 1.35 bits per heavy atom. The van der Waals surface area contributed by atoms with Crippen molar-refractivity contribution < 1.29 is 23.6 Å².